The lowest BCUT2D eigenvalue weighted by Crippen LogP contribution is -2.39. The minimum Gasteiger partial charge on any atom is -0.508 e. The molecule has 3 aromatic carbocycles. The van der Waals surface area contributed by atoms with Gasteiger partial charge in [-0.2, -0.15) is 5.26 Å². The molecule has 0 saturated heterocycles. The fraction of sp³-hybridized carbons (Fsp3) is 0.125. The van der Waals surface area contributed by atoms with Gasteiger partial charge in [0.05, 0.1) is 17.5 Å². The van der Waals surface area contributed by atoms with Crippen LogP contribution in [-0.2, 0) is 11.2 Å². The number of nitrogens with zero attached hydrogens (tertiary/aromatic N) is 3. The predicted octanol–water partition coefficient (Wildman–Crippen LogP) is 3.71. The maximum absolute atomic E-state index is 13.4. The molecule has 0 aromatic heterocycles. The molecule has 1 N–H and O–H groups in total. The summed E-state index contributed by atoms with van der Waals surface area (Å²) >= 11 is 0. The first kappa shape index (κ1) is 18.5. The molecule has 0 spiro atoms. The highest BCUT2D eigenvalue weighted by Gasteiger charge is 2.32. The Hall–Kier alpha value is -3.91. The predicted molar refractivity (Wildman–Crippen MR) is 112 cm³/mol. The summed E-state index contributed by atoms with van der Waals surface area (Å²) in [5, 5.41) is 19.3. The zero-order chi connectivity index (χ0) is 20.2. The molecule has 5 nitrogen and oxygen atoms in total. The van der Waals surface area contributed by atoms with Gasteiger partial charge in [0, 0.05) is 17.5 Å². The van der Waals surface area contributed by atoms with Gasteiger partial charge in [0.2, 0.25) is 0 Å². The lowest BCUT2D eigenvalue weighted by atomic mass is 10.00. The van der Waals surface area contributed by atoms with Crippen LogP contribution in [0.3, 0.4) is 0 Å². The van der Waals surface area contributed by atoms with Gasteiger partial charge < -0.3 is 5.11 Å². The number of aliphatic imine (C=N–C) groups is 1. The Bertz CT molecular complexity index is 1120. The third-order valence-corrected chi connectivity index (χ3v) is 4.91. The van der Waals surface area contributed by atoms with Crippen molar-refractivity contribution in [2.75, 3.05) is 11.4 Å². The number of aromatic hydroxyl groups is 1. The molecule has 4 rings (SSSR count). The average molecular weight is 381 g/mol. The second kappa shape index (κ2) is 7.99. The van der Waals surface area contributed by atoms with Crippen LogP contribution < -0.4 is 4.90 Å². The first-order valence-electron chi connectivity index (χ1n) is 9.36. The largest absolute Gasteiger partial charge is 0.508 e. The van der Waals surface area contributed by atoms with Crippen molar-refractivity contribution >= 4 is 17.3 Å². The molecule has 0 radical (unpaired) electrons. The van der Waals surface area contributed by atoms with Gasteiger partial charge in [-0.3, -0.25) is 14.7 Å². The minimum absolute atomic E-state index is 0.0516. The van der Waals surface area contributed by atoms with Gasteiger partial charge in [-0.1, -0.05) is 60.7 Å². The smallest absolute Gasteiger partial charge is 0.253 e. The molecule has 1 aliphatic rings. The molecule has 1 amide bonds. The summed E-state index contributed by atoms with van der Waals surface area (Å²) < 4.78 is 0. The van der Waals surface area contributed by atoms with Crippen LogP contribution in [0.1, 0.15) is 16.7 Å². The number of benzene rings is 3. The van der Waals surface area contributed by atoms with Gasteiger partial charge in [0.25, 0.3) is 5.91 Å². The van der Waals surface area contributed by atoms with Crippen LogP contribution in [0.2, 0.25) is 0 Å². The van der Waals surface area contributed by atoms with E-state index in [1.807, 2.05) is 60.7 Å². The third-order valence-electron chi connectivity index (χ3n) is 4.91. The topological polar surface area (TPSA) is 76.7 Å². The molecule has 1 aliphatic heterocycles. The van der Waals surface area contributed by atoms with Crippen LogP contribution in [0.25, 0.3) is 0 Å². The van der Waals surface area contributed by atoms with Gasteiger partial charge in [-0.05, 0) is 23.8 Å². The number of fused-ring (bicyclic) bond motifs is 1. The van der Waals surface area contributed by atoms with E-state index in [2.05, 4.69) is 6.07 Å². The van der Waals surface area contributed by atoms with Crippen LogP contribution in [-0.4, -0.2) is 29.3 Å². The molecular formula is C24H19N3O2. The number of carbonyl (C=O) groups excluding carboxylic acids is 1. The second-order valence-electron chi connectivity index (χ2n) is 6.83. The minimum atomic E-state index is -0.671. The molecule has 0 aliphatic carbocycles. The van der Waals surface area contributed by atoms with Gasteiger partial charge in [-0.15, -0.1) is 0 Å². The van der Waals surface area contributed by atoms with Crippen molar-refractivity contribution in [2.24, 2.45) is 4.99 Å². The molecule has 0 bridgehead atoms. The second-order valence-corrected chi connectivity index (χ2v) is 6.83. The molecule has 0 saturated carbocycles. The van der Waals surface area contributed by atoms with Crippen molar-refractivity contribution in [2.45, 2.75) is 12.5 Å². The Kier molecular flexibility index (Phi) is 5.08. The van der Waals surface area contributed by atoms with E-state index in [9.17, 15) is 15.2 Å². The number of rotatable bonds is 4. The first-order valence-corrected chi connectivity index (χ1v) is 9.36. The average Bonchev–Trinajstić information content (AvgIpc) is 2.85. The highest BCUT2D eigenvalue weighted by molar-refractivity contribution is 6.20. The summed E-state index contributed by atoms with van der Waals surface area (Å²) in [5.41, 5.74) is 3.76. The normalized spacial score (nSPS) is 15.8. The van der Waals surface area contributed by atoms with Gasteiger partial charge in [-0.25, -0.2) is 0 Å². The number of phenols is 1. The Balaban J connectivity index is 1.89. The van der Waals surface area contributed by atoms with E-state index in [1.54, 1.807) is 18.2 Å². The molecule has 29 heavy (non-hydrogen) atoms. The monoisotopic (exact) mass is 381 g/mol. The number of benzodiazepines with no additional fused rings is 1. The number of anilines is 1. The highest BCUT2D eigenvalue weighted by Crippen LogP contribution is 2.30. The fourth-order valence-corrected chi connectivity index (χ4v) is 3.58. The summed E-state index contributed by atoms with van der Waals surface area (Å²) in [4.78, 5) is 19.7. The number of phenolic OH excluding ortho intramolecular Hbond substituents is 1. The molecule has 5 heteroatoms. The van der Waals surface area contributed by atoms with Crippen LogP contribution in [0.15, 0.2) is 83.9 Å². The summed E-state index contributed by atoms with van der Waals surface area (Å²) in [7, 11) is 0. The summed E-state index contributed by atoms with van der Waals surface area (Å²) in [6.45, 7) is -0.0516. The van der Waals surface area contributed by atoms with Crippen LogP contribution in [0.5, 0.6) is 5.75 Å². The highest BCUT2D eigenvalue weighted by atomic mass is 16.3. The van der Waals surface area contributed by atoms with Crippen molar-refractivity contribution in [3.8, 4) is 11.8 Å². The molecule has 0 fully saturated rings. The maximum atomic E-state index is 13.4. The van der Waals surface area contributed by atoms with E-state index in [1.165, 1.54) is 4.90 Å². The quantitative estimate of drug-likeness (QED) is 0.700. The van der Waals surface area contributed by atoms with Crippen LogP contribution >= 0.6 is 0 Å². The number of carbonyl (C=O) groups is 1. The summed E-state index contributed by atoms with van der Waals surface area (Å²) in [6.07, 6.45) is 0.428. The Morgan fingerprint density at radius 2 is 1.76 bits per heavy atom. The zero-order valence-corrected chi connectivity index (χ0v) is 15.7. The fourth-order valence-electron chi connectivity index (χ4n) is 3.58. The Morgan fingerprint density at radius 3 is 2.52 bits per heavy atom. The molecular weight excluding hydrogens is 362 g/mol. The van der Waals surface area contributed by atoms with Crippen molar-refractivity contribution in [1.82, 2.24) is 0 Å². The zero-order valence-electron chi connectivity index (χ0n) is 15.7. The van der Waals surface area contributed by atoms with Crippen molar-refractivity contribution in [3.63, 3.8) is 0 Å². The Morgan fingerprint density at radius 1 is 1.00 bits per heavy atom. The summed E-state index contributed by atoms with van der Waals surface area (Å²) in [6, 6.07) is 25.4. The van der Waals surface area contributed by atoms with E-state index >= 15 is 0 Å². The molecule has 3 aromatic rings. The van der Waals surface area contributed by atoms with Crippen molar-refractivity contribution in [3.05, 3.63) is 95.6 Å². The van der Waals surface area contributed by atoms with E-state index in [0.717, 1.165) is 16.7 Å². The van der Waals surface area contributed by atoms with E-state index in [4.69, 9.17) is 4.99 Å². The van der Waals surface area contributed by atoms with Gasteiger partial charge in [0.1, 0.15) is 18.3 Å². The van der Waals surface area contributed by atoms with Crippen LogP contribution in [0, 0.1) is 11.3 Å². The van der Waals surface area contributed by atoms with E-state index < -0.39 is 6.04 Å². The standard InChI is InChI=1S/C24H19N3O2/c25-13-14-27-22-12-5-4-11-20(22)23(18-9-6-10-19(28)16-18)26-21(24(27)29)15-17-7-2-1-3-8-17/h1-12,16,21,28H,14-15H2. The van der Waals surface area contributed by atoms with Crippen LogP contribution in [0.4, 0.5) is 5.69 Å². The first-order chi connectivity index (χ1) is 14.2. The molecule has 1 heterocycles. The molecule has 1 atom stereocenters. The number of nitriles is 1. The number of para-hydroxylation sites is 1. The van der Waals surface area contributed by atoms with Crippen molar-refractivity contribution in [1.29, 1.82) is 5.26 Å². The van der Waals surface area contributed by atoms with Gasteiger partial charge in [0.15, 0.2) is 0 Å². The summed E-state index contributed by atoms with van der Waals surface area (Å²) in [5.74, 6) is -0.0789. The Labute approximate surface area is 169 Å². The van der Waals surface area contributed by atoms with Gasteiger partial charge >= 0.3 is 0 Å². The third kappa shape index (κ3) is 3.74. The molecule has 142 valence electrons. The van der Waals surface area contributed by atoms with E-state index in [0.29, 0.717) is 17.8 Å². The number of hydrogen-bond donors (Lipinski definition) is 1. The lowest BCUT2D eigenvalue weighted by molar-refractivity contribution is -0.119. The van der Waals surface area contributed by atoms with Crippen molar-refractivity contribution < 1.29 is 9.90 Å². The number of hydrogen-bond acceptors (Lipinski definition) is 4. The lowest BCUT2D eigenvalue weighted by Gasteiger charge is -2.22. The SMILES string of the molecule is N#CCN1C(=O)C(Cc2ccccc2)N=C(c2cccc(O)c2)c2ccccc21. The number of amides is 1. The molecule has 1 unspecified atom stereocenters. The van der Waals surface area contributed by atoms with E-state index in [-0.39, 0.29) is 18.2 Å². The maximum Gasteiger partial charge on any atom is 0.253 e.